The Kier molecular flexibility index (Phi) is 2.97. The van der Waals surface area contributed by atoms with Crippen LogP contribution in [0.1, 0.15) is 30.6 Å². The summed E-state index contributed by atoms with van der Waals surface area (Å²) in [6.07, 6.45) is -0.140. The number of para-hydroxylation sites is 1. The Balaban J connectivity index is 2.11. The van der Waals surface area contributed by atoms with Gasteiger partial charge in [0, 0.05) is 13.1 Å². The third kappa shape index (κ3) is 1.68. The van der Waals surface area contributed by atoms with E-state index >= 15 is 0 Å². The molecule has 0 aromatic heterocycles. The average Bonchev–Trinajstić information content (AvgIpc) is 2.66. The highest BCUT2D eigenvalue weighted by Gasteiger charge is 2.61. The molecule has 1 fully saturated rings. The zero-order chi connectivity index (χ0) is 15.2. The first-order chi connectivity index (χ1) is 10.0. The van der Waals surface area contributed by atoms with E-state index in [1.807, 2.05) is 0 Å². The van der Waals surface area contributed by atoms with Crippen LogP contribution >= 0.6 is 0 Å². The Morgan fingerprint density at radius 3 is 2.52 bits per heavy atom. The van der Waals surface area contributed by atoms with E-state index in [9.17, 15) is 14.4 Å². The lowest BCUT2D eigenvalue weighted by molar-refractivity contribution is -0.149. The van der Waals surface area contributed by atoms with Crippen molar-refractivity contribution in [2.24, 2.45) is 0 Å². The van der Waals surface area contributed by atoms with Crippen molar-refractivity contribution in [3.05, 3.63) is 29.8 Å². The van der Waals surface area contributed by atoms with Crippen LogP contribution in [0.5, 0.6) is 5.75 Å². The van der Waals surface area contributed by atoms with Gasteiger partial charge < -0.3 is 4.74 Å². The Bertz CT molecular complexity index is 642. The number of benzene rings is 1. The Morgan fingerprint density at radius 1 is 1.14 bits per heavy atom. The van der Waals surface area contributed by atoms with Gasteiger partial charge in [-0.25, -0.2) is 4.79 Å². The first-order valence-electron chi connectivity index (χ1n) is 7.00. The fourth-order valence-electron chi connectivity index (χ4n) is 2.97. The van der Waals surface area contributed by atoms with Gasteiger partial charge in [0.1, 0.15) is 5.75 Å². The predicted molar refractivity (Wildman–Crippen MR) is 73.9 cm³/mol. The van der Waals surface area contributed by atoms with E-state index in [2.05, 4.69) is 0 Å². The first-order valence-corrected chi connectivity index (χ1v) is 7.00. The topological polar surface area (TPSA) is 66.9 Å². The number of carbonyl (C=O) groups excluding carboxylic acids is 3. The highest BCUT2D eigenvalue weighted by Crippen LogP contribution is 2.40. The summed E-state index contributed by atoms with van der Waals surface area (Å²) < 4.78 is 5.86. The lowest BCUT2D eigenvalue weighted by Crippen LogP contribution is -2.57. The Hall–Kier alpha value is -2.37. The van der Waals surface area contributed by atoms with Gasteiger partial charge in [-0.05, 0) is 26.0 Å². The van der Waals surface area contributed by atoms with Gasteiger partial charge in [0.2, 0.25) is 0 Å². The van der Waals surface area contributed by atoms with Crippen molar-refractivity contribution in [3.8, 4) is 5.75 Å². The van der Waals surface area contributed by atoms with Crippen molar-refractivity contribution in [1.29, 1.82) is 0 Å². The maximum absolute atomic E-state index is 12.6. The van der Waals surface area contributed by atoms with Crippen LogP contribution in [0.15, 0.2) is 24.3 Å². The number of ether oxygens (including phenoxy) is 1. The van der Waals surface area contributed by atoms with Crippen molar-refractivity contribution in [3.63, 3.8) is 0 Å². The minimum absolute atomic E-state index is 0.140. The minimum Gasteiger partial charge on any atom is -0.457 e. The number of amides is 3. The minimum atomic E-state index is -1.52. The molecule has 0 aliphatic carbocycles. The Labute approximate surface area is 122 Å². The molecule has 2 aliphatic rings. The molecule has 110 valence electrons. The molecule has 1 spiro atoms. The summed E-state index contributed by atoms with van der Waals surface area (Å²) in [5.41, 5.74) is -1.07. The molecule has 1 atom stereocenters. The summed E-state index contributed by atoms with van der Waals surface area (Å²) in [4.78, 5) is 39.8. The van der Waals surface area contributed by atoms with E-state index in [-0.39, 0.29) is 18.7 Å². The Morgan fingerprint density at radius 2 is 1.86 bits per heavy atom. The SMILES string of the molecule is CCN1C(=O)N(CC)[C@@]2(CC(=O)c3ccccc3O2)C1=O. The molecule has 0 unspecified atom stereocenters. The average molecular weight is 288 g/mol. The number of carbonyl (C=O) groups is 3. The van der Waals surface area contributed by atoms with E-state index in [1.54, 1.807) is 38.1 Å². The lowest BCUT2D eigenvalue weighted by atomic mass is 9.95. The standard InChI is InChI=1S/C15H16N2O4/c1-3-16-13(19)15(17(4-2)14(16)20)9-11(18)10-7-5-6-8-12(10)21-15/h5-8H,3-4,9H2,1-2H3/t15-/m1/s1. The fourth-order valence-corrected chi connectivity index (χ4v) is 2.97. The van der Waals surface area contributed by atoms with Crippen LogP contribution < -0.4 is 4.74 Å². The monoisotopic (exact) mass is 288 g/mol. The molecule has 1 aromatic carbocycles. The summed E-state index contributed by atoms with van der Waals surface area (Å²) in [6, 6.07) is 6.39. The van der Waals surface area contributed by atoms with Crippen molar-refractivity contribution in [2.75, 3.05) is 13.1 Å². The number of hydrogen-bond acceptors (Lipinski definition) is 4. The van der Waals surface area contributed by atoms with Gasteiger partial charge >= 0.3 is 6.03 Å². The molecule has 6 heteroatoms. The van der Waals surface area contributed by atoms with Gasteiger partial charge in [0.15, 0.2) is 5.78 Å². The maximum Gasteiger partial charge on any atom is 0.330 e. The number of ketones is 1. The van der Waals surface area contributed by atoms with Gasteiger partial charge in [-0.3, -0.25) is 19.4 Å². The third-order valence-corrected chi connectivity index (χ3v) is 3.98. The molecule has 2 heterocycles. The molecule has 2 aliphatic heterocycles. The van der Waals surface area contributed by atoms with Crippen LogP contribution in [0.2, 0.25) is 0 Å². The highest BCUT2D eigenvalue weighted by molar-refractivity contribution is 6.11. The fraction of sp³-hybridized carbons (Fsp3) is 0.400. The van der Waals surface area contributed by atoms with Gasteiger partial charge in [0.25, 0.3) is 11.6 Å². The quantitative estimate of drug-likeness (QED) is 0.776. The van der Waals surface area contributed by atoms with Crippen molar-refractivity contribution in [2.45, 2.75) is 26.0 Å². The van der Waals surface area contributed by atoms with Crippen molar-refractivity contribution < 1.29 is 19.1 Å². The number of fused-ring (bicyclic) bond motifs is 1. The number of nitrogens with zero attached hydrogens (tertiary/aromatic N) is 2. The van der Waals surface area contributed by atoms with Gasteiger partial charge in [0.05, 0.1) is 12.0 Å². The second kappa shape index (κ2) is 4.58. The largest absolute Gasteiger partial charge is 0.457 e. The molecule has 3 rings (SSSR count). The summed E-state index contributed by atoms with van der Waals surface area (Å²) in [6.45, 7) is 4.05. The molecule has 0 bridgehead atoms. The molecule has 0 radical (unpaired) electrons. The smallest absolute Gasteiger partial charge is 0.330 e. The summed E-state index contributed by atoms with van der Waals surface area (Å²) in [5.74, 6) is -0.291. The van der Waals surface area contributed by atoms with Crippen LogP contribution in [-0.2, 0) is 4.79 Å². The predicted octanol–water partition coefficient (Wildman–Crippen LogP) is 1.65. The second-order valence-electron chi connectivity index (χ2n) is 5.06. The first kappa shape index (κ1) is 13.6. The third-order valence-electron chi connectivity index (χ3n) is 3.98. The van der Waals surface area contributed by atoms with E-state index in [0.29, 0.717) is 17.9 Å². The number of Topliss-reactive ketones (excluding diaryl/α,β-unsaturated/α-hetero) is 1. The molecule has 0 N–H and O–H groups in total. The second-order valence-corrected chi connectivity index (χ2v) is 5.06. The lowest BCUT2D eigenvalue weighted by Gasteiger charge is -2.37. The summed E-state index contributed by atoms with van der Waals surface area (Å²) in [5, 5.41) is 0. The summed E-state index contributed by atoms with van der Waals surface area (Å²) >= 11 is 0. The normalized spacial score (nSPS) is 24.6. The van der Waals surface area contributed by atoms with E-state index in [1.165, 1.54) is 4.90 Å². The van der Waals surface area contributed by atoms with E-state index in [4.69, 9.17) is 4.74 Å². The zero-order valence-electron chi connectivity index (χ0n) is 12.0. The molecule has 3 amide bonds. The highest BCUT2D eigenvalue weighted by atomic mass is 16.5. The van der Waals surface area contributed by atoms with E-state index in [0.717, 1.165) is 4.90 Å². The maximum atomic E-state index is 12.6. The van der Waals surface area contributed by atoms with Gasteiger partial charge in [-0.2, -0.15) is 0 Å². The summed E-state index contributed by atoms with van der Waals surface area (Å²) in [7, 11) is 0. The number of likely N-dealkylation sites (N-methyl/N-ethyl adjacent to an activating group) is 2. The van der Waals surface area contributed by atoms with Crippen LogP contribution in [0.3, 0.4) is 0 Å². The molecule has 0 saturated carbocycles. The number of imide groups is 1. The van der Waals surface area contributed by atoms with Crippen LogP contribution in [0.25, 0.3) is 0 Å². The number of hydrogen-bond donors (Lipinski definition) is 0. The number of rotatable bonds is 2. The van der Waals surface area contributed by atoms with E-state index < -0.39 is 17.7 Å². The molecule has 1 saturated heterocycles. The molecule has 6 nitrogen and oxygen atoms in total. The van der Waals surface area contributed by atoms with Crippen LogP contribution in [0.4, 0.5) is 4.79 Å². The molecule has 1 aromatic rings. The number of urea groups is 1. The molecular formula is C15H16N2O4. The van der Waals surface area contributed by atoms with Gasteiger partial charge in [-0.15, -0.1) is 0 Å². The van der Waals surface area contributed by atoms with Crippen LogP contribution in [-0.4, -0.2) is 46.3 Å². The zero-order valence-corrected chi connectivity index (χ0v) is 12.0. The van der Waals surface area contributed by atoms with Crippen molar-refractivity contribution >= 4 is 17.7 Å². The van der Waals surface area contributed by atoms with Crippen molar-refractivity contribution in [1.82, 2.24) is 9.80 Å². The van der Waals surface area contributed by atoms with Gasteiger partial charge in [-0.1, -0.05) is 12.1 Å². The van der Waals surface area contributed by atoms with Crippen LogP contribution in [0, 0.1) is 0 Å². The molecular weight excluding hydrogens is 272 g/mol. The molecule has 21 heavy (non-hydrogen) atoms.